The molecule has 0 radical (unpaired) electrons. The highest BCUT2D eigenvalue weighted by atomic mass is 32.1. The second-order valence-corrected chi connectivity index (χ2v) is 6.25. The van der Waals surface area contributed by atoms with Crippen LogP contribution in [0.2, 0.25) is 0 Å². The number of anilines is 2. The Hall–Kier alpha value is -2.97. The fourth-order valence-corrected chi connectivity index (χ4v) is 3.00. The smallest absolute Gasteiger partial charge is 0.293 e. The average Bonchev–Trinajstić information content (AvgIpc) is 3.29. The summed E-state index contributed by atoms with van der Waals surface area (Å²) in [6.45, 7) is 0.413. The molecule has 0 spiro atoms. The molecule has 0 saturated carbocycles. The maximum atomic E-state index is 12.3. The van der Waals surface area contributed by atoms with Crippen LogP contribution in [0.5, 0.6) is 0 Å². The van der Waals surface area contributed by atoms with Crippen LogP contribution in [0.4, 0.5) is 10.8 Å². The van der Waals surface area contributed by atoms with Crippen LogP contribution in [-0.2, 0) is 22.6 Å². The van der Waals surface area contributed by atoms with E-state index in [1.54, 1.807) is 24.6 Å². The maximum absolute atomic E-state index is 12.3. The monoisotopic (exact) mass is 371 g/mol. The highest BCUT2D eigenvalue weighted by Gasteiger charge is 2.13. The molecule has 0 bridgehead atoms. The van der Waals surface area contributed by atoms with Crippen molar-refractivity contribution in [3.63, 3.8) is 0 Å². The number of ether oxygens (including phenoxy) is 1. The number of thiazole rings is 1. The highest BCUT2D eigenvalue weighted by molar-refractivity contribution is 7.14. The van der Waals surface area contributed by atoms with Crippen molar-refractivity contribution in [2.24, 2.45) is 0 Å². The van der Waals surface area contributed by atoms with Crippen molar-refractivity contribution in [3.8, 4) is 0 Å². The first-order chi connectivity index (χ1) is 12.7. The van der Waals surface area contributed by atoms with Gasteiger partial charge in [-0.15, -0.1) is 11.3 Å². The van der Waals surface area contributed by atoms with Crippen LogP contribution in [0.15, 0.2) is 52.5 Å². The third-order valence-electron chi connectivity index (χ3n) is 3.45. The number of furan rings is 1. The van der Waals surface area contributed by atoms with Crippen LogP contribution in [0.25, 0.3) is 0 Å². The molecule has 134 valence electrons. The fraction of sp³-hybridized carbons (Fsp3) is 0.167. The lowest BCUT2D eigenvalue weighted by atomic mass is 10.2. The molecule has 2 heterocycles. The Labute approximate surface area is 154 Å². The summed E-state index contributed by atoms with van der Waals surface area (Å²) in [7, 11) is 1.60. The maximum Gasteiger partial charge on any atom is 0.293 e. The van der Waals surface area contributed by atoms with Crippen LogP contribution in [0.1, 0.15) is 21.8 Å². The zero-order chi connectivity index (χ0) is 18.4. The van der Waals surface area contributed by atoms with Gasteiger partial charge in [0.2, 0.25) is 5.91 Å². The molecule has 0 fully saturated rings. The number of nitrogens with one attached hydrogen (secondary N) is 2. The van der Waals surface area contributed by atoms with Crippen molar-refractivity contribution >= 4 is 34.0 Å². The molecule has 0 aliphatic rings. The molecule has 2 N–H and O–H groups in total. The van der Waals surface area contributed by atoms with Gasteiger partial charge in [0.05, 0.1) is 25.0 Å². The number of carbonyl (C=O) groups excluding carboxylic acids is 2. The van der Waals surface area contributed by atoms with Gasteiger partial charge in [-0.05, 0) is 18.2 Å². The van der Waals surface area contributed by atoms with Gasteiger partial charge in [-0.3, -0.25) is 14.9 Å². The zero-order valence-corrected chi connectivity index (χ0v) is 14.8. The summed E-state index contributed by atoms with van der Waals surface area (Å²) in [5.41, 5.74) is 2.18. The van der Waals surface area contributed by atoms with E-state index < -0.39 is 0 Å². The SMILES string of the molecule is COCc1ccccc1NC(=O)Cc1csc(NC(=O)c2ccco2)n1. The van der Waals surface area contributed by atoms with Gasteiger partial charge < -0.3 is 14.5 Å². The van der Waals surface area contributed by atoms with Gasteiger partial charge >= 0.3 is 0 Å². The van der Waals surface area contributed by atoms with E-state index in [0.29, 0.717) is 23.1 Å². The van der Waals surface area contributed by atoms with Crippen molar-refractivity contribution in [2.45, 2.75) is 13.0 Å². The van der Waals surface area contributed by atoms with E-state index in [0.717, 1.165) is 5.56 Å². The first-order valence-electron chi connectivity index (χ1n) is 7.81. The molecule has 0 atom stereocenters. The lowest BCUT2D eigenvalue weighted by Crippen LogP contribution is -2.16. The highest BCUT2D eigenvalue weighted by Crippen LogP contribution is 2.19. The number of aromatic nitrogens is 1. The largest absolute Gasteiger partial charge is 0.459 e. The molecule has 0 aliphatic carbocycles. The van der Waals surface area contributed by atoms with E-state index in [2.05, 4.69) is 15.6 Å². The molecule has 26 heavy (non-hydrogen) atoms. The van der Waals surface area contributed by atoms with Crippen LogP contribution in [0, 0.1) is 0 Å². The van der Waals surface area contributed by atoms with Gasteiger partial charge in [-0.1, -0.05) is 18.2 Å². The molecule has 3 rings (SSSR count). The zero-order valence-electron chi connectivity index (χ0n) is 14.0. The molecule has 3 aromatic rings. The summed E-state index contributed by atoms with van der Waals surface area (Å²) in [6, 6.07) is 10.6. The molecular weight excluding hydrogens is 354 g/mol. The van der Waals surface area contributed by atoms with Crippen molar-refractivity contribution in [1.29, 1.82) is 0 Å². The number of rotatable bonds is 7. The average molecular weight is 371 g/mol. The van der Waals surface area contributed by atoms with Crippen LogP contribution < -0.4 is 10.6 Å². The van der Waals surface area contributed by atoms with Crippen molar-refractivity contribution < 1.29 is 18.7 Å². The van der Waals surface area contributed by atoms with E-state index in [1.807, 2.05) is 24.3 Å². The van der Waals surface area contributed by atoms with Gasteiger partial charge in [-0.2, -0.15) is 0 Å². The van der Waals surface area contributed by atoms with Crippen LogP contribution in [-0.4, -0.2) is 23.9 Å². The van der Waals surface area contributed by atoms with Gasteiger partial charge in [0.25, 0.3) is 5.91 Å². The lowest BCUT2D eigenvalue weighted by Gasteiger charge is -2.09. The molecule has 0 aliphatic heterocycles. The quantitative estimate of drug-likeness (QED) is 0.664. The number of benzene rings is 1. The predicted molar refractivity (Wildman–Crippen MR) is 98.3 cm³/mol. The van der Waals surface area contributed by atoms with E-state index >= 15 is 0 Å². The summed E-state index contributed by atoms with van der Waals surface area (Å²) >= 11 is 1.25. The second kappa shape index (κ2) is 8.41. The number of hydrogen-bond acceptors (Lipinski definition) is 6. The minimum absolute atomic E-state index is 0.106. The molecule has 8 heteroatoms. The van der Waals surface area contributed by atoms with Crippen molar-refractivity contribution in [1.82, 2.24) is 4.98 Å². The Kier molecular flexibility index (Phi) is 5.77. The summed E-state index contributed by atoms with van der Waals surface area (Å²) in [5, 5.41) is 7.65. The fourth-order valence-electron chi connectivity index (χ4n) is 2.29. The Balaban J connectivity index is 1.59. The van der Waals surface area contributed by atoms with Crippen LogP contribution in [0.3, 0.4) is 0 Å². The summed E-state index contributed by atoms with van der Waals surface area (Å²) in [4.78, 5) is 28.4. The standard InChI is InChI=1S/C18H17N3O4S/c1-24-10-12-5-2-3-6-14(12)20-16(22)9-13-11-26-18(19-13)21-17(23)15-7-4-8-25-15/h2-8,11H,9-10H2,1H3,(H,20,22)(H,19,21,23). The lowest BCUT2D eigenvalue weighted by molar-refractivity contribution is -0.115. The normalized spacial score (nSPS) is 10.5. The molecule has 1 aromatic carbocycles. The summed E-state index contributed by atoms with van der Waals surface area (Å²) in [6.07, 6.45) is 1.53. The first-order valence-corrected chi connectivity index (χ1v) is 8.69. The number of carbonyl (C=O) groups is 2. The number of amides is 2. The van der Waals surface area contributed by atoms with E-state index in [4.69, 9.17) is 9.15 Å². The summed E-state index contributed by atoms with van der Waals surface area (Å²) < 4.78 is 10.2. The third-order valence-corrected chi connectivity index (χ3v) is 4.26. The van der Waals surface area contributed by atoms with E-state index in [1.165, 1.54) is 17.6 Å². The molecule has 2 aromatic heterocycles. The minimum Gasteiger partial charge on any atom is -0.459 e. The first kappa shape index (κ1) is 17.8. The van der Waals surface area contributed by atoms with Gasteiger partial charge in [0.1, 0.15) is 0 Å². The Morgan fingerprint density at radius 1 is 1.19 bits per heavy atom. The van der Waals surface area contributed by atoms with Crippen LogP contribution >= 0.6 is 11.3 Å². The third kappa shape index (κ3) is 4.56. The molecule has 2 amide bonds. The van der Waals surface area contributed by atoms with Gasteiger partial charge in [-0.25, -0.2) is 4.98 Å². The topological polar surface area (TPSA) is 93.5 Å². The second-order valence-electron chi connectivity index (χ2n) is 5.39. The predicted octanol–water partition coefficient (Wildman–Crippen LogP) is 3.32. The van der Waals surface area contributed by atoms with E-state index in [9.17, 15) is 9.59 Å². The minimum atomic E-state index is -0.381. The Morgan fingerprint density at radius 3 is 2.81 bits per heavy atom. The Bertz CT molecular complexity index is 889. The molecule has 0 unspecified atom stereocenters. The molecule has 7 nitrogen and oxygen atoms in total. The number of nitrogens with zero attached hydrogens (tertiary/aromatic N) is 1. The number of para-hydroxylation sites is 1. The van der Waals surface area contributed by atoms with E-state index in [-0.39, 0.29) is 24.0 Å². The van der Waals surface area contributed by atoms with Crippen molar-refractivity contribution in [3.05, 3.63) is 65.1 Å². The molecular formula is C18H17N3O4S. The van der Waals surface area contributed by atoms with Gasteiger partial charge in [0, 0.05) is 23.7 Å². The summed E-state index contributed by atoms with van der Waals surface area (Å²) in [5.74, 6) is -0.370. The molecule has 0 saturated heterocycles. The van der Waals surface area contributed by atoms with Gasteiger partial charge in [0.15, 0.2) is 10.9 Å². The Morgan fingerprint density at radius 2 is 2.04 bits per heavy atom. The number of hydrogen-bond donors (Lipinski definition) is 2. The van der Waals surface area contributed by atoms with Crippen molar-refractivity contribution in [2.75, 3.05) is 17.7 Å². The number of methoxy groups -OCH3 is 1.